The summed E-state index contributed by atoms with van der Waals surface area (Å²) in [7, 11) is 1.82. The van der Waals surface area contributed by atoms with Crippen LogP contribution in [-0.4, -0.2) is 17.0 Å². The molecule has 0 atom stereocenters. The van der Waals surface area contributed by atoms with Crippen LogP contribution in [0.1, 0.15) is 11.3 Å². The third kappa shape index (κ3) is 4.22. The van der Waals surface area contributed by atoms with Crippen LogP contribution < -0.4 is 10.1 Å². The van der Waals surface area contributed by atoms with Crippen LogP contribution in [0.15, 0.2) is 36.5 Å². The molecule has 0 bridgehead atoms. The average molecular weight is 291 g/mol. The monoisotopic (exact) mass is 291 g/mol. The fourth-order valence-electron chi connectivity index (χ4n) is 1.77. The third-order valence-electron chi connectivity index (χ3n) is 2.71. The number of rotatable bonds is 6. The van der Waals surface area contributed by atoms with Crippen LogP contribution >= 0.6 is 0 Å². The molecule has 2 aromatic rings. The van der Waals surface area contributed by atoms with E-state index < -0.39 is 10.7 Å². The molecule has 0 aliphatic carbocycles. The van der Waals surface area contributed by atoms with E-state index in [-0.39, 0.29) is 12.3 Å². The van der Waals surface area contributed by atoms with Crippen molar-refractivity contribution in [3.05, 3.63) is 63.7 Å². The summed E-state index contributed by atoms with van der Waals surface area (Å²) in [4.78, 5) is 14.2. The minimum absolute atomic E-state index is 0.0334. The van der Waals surface area contributed by atoms with Crippen molar-refractivity contribution in [2.75, 3.05) is 7.05 Å². The fraction of sp³-hybridized carbons (Fsp3) is 0.214. The van der Waals surface area contributed by atoms with Crippen molar-refractivity contribution in [3.8, 4) is 5.75 Å². The summed E-state index contributed by atoms with van der Waals surface area (Å²) < 4.78 is 18.7. The first kappa shape index (κ1) is 14.9. The van der Waals surface area contributed by atoms with Crippen LogP contribution in [0.25, 0.3) is 0 Å². The van der Waals surface area contributed by atoms with Gasteiger partial charge in [-0.1, -0.05) is 0 Å². The zero-order valence-corrected chi connectivity index (χ0v) is 11.4. The van der Waals surface area contributed by atoms with Gasteiger partial charge in [0.2, 0.25) is 0 Å². The molecular formula is C14H14FN3O3. The van der Waals surface area contributed by atoms with Crippen LogP contribution in [0.5, 0.6) is 5.75 Å². The number of nitro groups is 1. The number of nitrogens with zero attached hydrogens (tertiary/aromatic N) is 2. The lowest BCUT2D eigenvalue weighted by atomic mass is 10.2. The van der Waals surface area contributed by atoms with Crippen molar-refractivity contribution in [1.29, 1.82) is 0 Å². The first-order valence-corrected chi connectivity index (χ1v) is 6.24. The molecule has 110 valence electrons. The van der Waals surface area contributed by atoms with E-state index in [0.717, 1.165) is 11.8 Å². The predicted molar refractivity (Wildman–Crippen MR) is 74.4 cm³/mol. The quantitative estimate of drug-likeness (QED) is 0.653. The maximum Gasteiger partial charge on any atom is 0.272 e. The summed E-state index contributed by atoms with van der Waals surface area (Å²) in [5.74, 6) is -0.146. The number of non-ortho nitro benzene ring substituents is 1. The Hall–Kier alpha value is -2.54. The van der Waals surface area contributed by atoms with Crippen molar-refractivity contribution in [2.24, 2.45) is 0 Å². The lowest BCUT2D eigenvalue weighted by molar-refractivity contribution is -0.385. The number of benzene rings is 1. The van der Waals surface area contributed by atoms with Crippen LogP contribution in [0.3, 0.4) is 0 Å². The minimum Gasteiger partial charge on any atom is -0.487 e. The van der Waals surface area contributed by atoms with E-state index in [4.69, 9.17) is 4.74 Å². The summed E-state index contributed by atoms with van der Waals surface area (Å²) in [6.45, 7) is 0.683. The third-order valence-corrected chi connectivity index (χ3v) is 2.71. The van der Waals surface area contributed by atoms with Gasteiger partial charge in [0.1, 0.15) is 18.2 Å². The second-order valence-electron chi connectivity index (χ2n) is 4.38. The van der Waals surface area contributed by atoms with E-state index >= 15 is 0 Å². The molecule has 0 unspecified atom stereocenters. The molecule has 0 saturated heterocycles. The van der Waals surface area contributed by atoms with Crippen molar-refractivity contribution < 1.29 is 14.1 Å². The number of pyridine rings is 1. The molecule has 0 aliphatic rings. The molecule has 0 spiro atoms. The molecule has 6 nitrogen and oxygen atoms in total. The molecule has 1 aromatic heterocycles. The largest absolute Gasteiger partial charge is 0.487 e. The molecule has 1 aromatic carbocycles. The van der Waals surface area contributed by atoms with Crippen LogP contribution in [0.4, 0.5) is 10.1 Å². The Labute approximate surface area is 120 Å². The second-order valence-corrected chi connectivity index (χ2v) is 4.38. The van der Waals surface area contributed by atoms with Crippen molar-refractivity contribution in [1.82, 2.24) is 10.3 Å². The normalized spacial score (nSPS) is 10.4. The molecule has 0 aliphatic heterocycles. The topological polar surface area (TPSA) is 77.3 Å². The molecule has 0 saturated carbocycles. The van der Waals surface area contributed by atoms with Gasteiger partial charge in [-0.05, 0) is 30.8 Å². The van der Waals surface area contributed by atoms with Crippen LogP contribution in [0.2, 0.25) is 0 Å². The van der Waals surface area contributed by atoms with Gasteiger partial charge >= 0.3 is 0 Å². The van der Waals surface area contributed by atoms with Gasteiger partial charge < -0.3 is 10.1 Å². The molecule has 2 rings (SSSR count). The van der Waals surface area contributed by atoms with Gasteiger partial charge in [-0.2, -0.15) is 0 Å². The van der Waals surface area contributed by atoms with Gasteiger partial charge in [-0.25, -0.2) is 4.39 Å². The van der Waals surface area contributed by atoms with Crippen LogP contribution in [-0.2, 0) is 13.2 Å². The first-order valence-electron chi connectivity index (χ1n) is 6.24. The van der Waals surface area contributed by atoms with E-state index in [2.05, 4.69) is 10.3 Å². The van der Waals surface area contributed by atoms with E-state index in [1.807, 2.05) is 7.05 Å². The SMILES string of the molecule is CNCc1ccc(OCc2cc(F)cc([N+](=O)[O-])c2)cn1. The Balaban J connectivity index is 2.04. The summed E-state index contributed by atoms with van der Waals surface area (Å²) in [5, 5.41) is 13.6. The smallest absolute Gasteiger partial charge is 0.272 e. The molecule has 0 radical (unpaired) electrons. The Bertz CT molecular complexity index is 632. The zero-order valence-electron chi connectivity index (χ0n) is 11.4. The van der Waals surface area contributed by atoms with Gasteiger partial charge in [0.25, 0.3) is 5.69 Å². The number of aromatic nitrogens is 1. The van der Waals surface area contributed by atoms with Gasteiger partial charge in [-0.3, -0.25) is 15.1 Å². The fourth-order valence-corrected chi connectivity index (χ4v) is 1.77. The van der Waals surface area contributed by atoms with Crippen molar-refractivity contribution in [3.63, 3.8) is 0 Å². The summed E-state index contributed by atoms with van der Waals surface area (Å²) in [5.41, 5.74) is 0.961. The highest BCUT2D eigenvalue weighted by Gasteiger charge is 2.10. The first-order chi connectivity index (χ1) is 10.1. The van der Waals surface area contributed by atoms with Gasteiger partial charge in [-0.15, -0.1) is 0 Å². The van der Waals surface area contributed by atoms with Gasteiger partial charge in [0, 0.05) is 12.6 Å². The zero-order chi connectivity index (χ0) is 15.2. The Morgan fingerprint density at radius 3 is 2.81 bits per heavy atom. The molecule has 7 heteroatoms. The predicted octanol–water partition coefficient (Wildman–Crippen LogP) is 2.43. The van der Waals surface area contributed by atoms with E-state index in [9.17, 15) is 14.5 Å². The summed E-state index contributed by atoms with van der Waals surface area (Å²) in [6, 6.07) is 6.91. The van der Waals surface area contributed by atoms with Crippen molar-refractivity contribution in [2.45, 2.75) is 13.2 Å². The van der Waals surface area contributed by atoms with E-state index in [1.165, 1.54) is 12.1 Å². The molecule has 0 amide bonds. The number of hydrogen-bond acceptors (Lipinski definition) is 5. The molecule has 0 fully saturated rings. The maximum atomic E-state index is 13.3. The standard InChI is InChI=1S/C14H14FN3O3/c1-16-7-12-2-3-14(8-17-12)21-9-10-4-11(15)6-13(5-10)18(19)20/h2-6,8,16H,7,9H2,1H3. The van der Waals surface area contributed by atoms with Crippen molar-refractivity contribution >= 4 is 5.69 Å². The number of nitro benzene ring substituents is 1. The average Bonchev–Trinajstić information content (AvgIpc) is 2.46. The Morgan fingerprint density at radius 2 is 2.19 bits per heavy atom. The number of hydrogen-bond donors (Lipinski definition) is 1. The van der Waals surface area contributed by atoms with Crippen LogP contribution in [0, 0.1) is 15.9 Å². The Kier molecular flexibility index (Phi) is 4.78. The van der Waals surface area contributed by atoms with Gasteiger partial charge in [0.05, 0.1) is 22.9 Å². The van der Waals surface area contributed by atoms with E-state index in [1.54, 1.807) is 18.3 Å². The molecule has 1 N–H and O–H groups in total. The molecule has 1 heterocycles. The number of halogens is 1. The molecule has 21 heavy (non-hydrogen) atoms. The maximum absolute atomic E-state index is 13.3. The minimum atomic E-state index is -0.662. The second kappa shape index (κ2) is 6.76. The Morgan fingerprint density at radius 1 is 1.38 bits per heavy atom. The highest BCUT2D eigenvalue weighted by Crippen LogP contribution is 2.18. The highest BCUT2D eigenvalue weighted by atomic mass is 19.1. The van der Waals surface area contributed by atoms with E-state index in [0.29, 0.717) is 17.9 Å². The number of nitrogens with one attached hydrogen (secondary N) is 1. The van der Waals surface area contributed by atoms with Gasteiger partial charge in [0.15, 0.2) is 0 Å². The highest BCUT2D eigenvalue weighted by molar-refractivity contribution is 5.35. The molecular weight excluding hydrogens is 277 g/mol. The summed E-state index contributed by atoms with van der Waals surface area (Å²) in [6.07, 6.45) is 1.56. The number of ether oxygens (including phenoxy) is 1. The lowest BCUT2D eigenvalue weighted by Crippen LogP contribution is -2.06. The lowest BCUT2D eigenvalue weighted by Gasteiger charge is -2.07. The summed E-state index contributed by atoms with van der Waals surface area (Å²) >= 11 is 0.